The van der Waals surface area contributed by atoms with Gasteiger partial charge in [0.2, 0.25) is 0 Å². The molecule has 0 amide bonds. The number of hydrogen-bond acceptors (Lipinski definition) is 3. The maximum absolute atomic E-state index is 11.9. The number of hydrogen-bond donors (Lipinski definition) is 0. The summed E-state index contributed by atoms with van der Waals surface area (Å²) in [6, 6.07) is 0. The van der Waals surface area contributed by atoms with Crippen molar-refractivity contribution in [3.8, 4) is 0 Å². The normalized spacial score (nSPS) is 25.2. The van der Waals surface area contributed by atoms with E-state index in [1.807, 2.05) is 34.6 Å². The lowest BCUT2D eigenvalue weighted by molar-refractivity contribution is -0.537. The van der Waals surface area contributed by atoms with Crippen LogP contribution >= 0.6 is 0 Å². The summed E-state index contributed by atoms with van der Waals surface area (Å²) in [7, 11) is 0. The summed E-state index contributed by atoms with van der Waals surface area (Å²) in [4.78, 5) is 11.6. The maximum Gasteiger partial charge on any atom is 0.306 e. The minimum atomic E-state index is -0.452. The van der Waals surface area contributed by atoms with Crippen LogP contribution < -0.4 is 0 Å². The van der Waals surface area contributed by atoms with Gasteiger partial charge in [-0.05, 0) is 20.8 Å². The van der Waals surface area contributed by atoms with Gasteiger partial charge < -0.3 is 9.94 Å². The monoisotopic (exact) mass is 241 g/mol. The van der Waals surface area contributed by atoms with Crippen LogP contribution in [0, 0.1) is 5.21 Å². The van der Waals surface area contributed by atoms with Gasteiger partial charge in [-0.3, -0.25) is 4.79 Å². The molecular formula is C13H23NO3. The highest BCUT2D eigenvalue weighted by Gasteiger charge is 2.39. The molecule has 0 spiro atoms. The molecule has 4 nitrogen and oxygen atoms in total. The van der Waals surface area contributed by atoms with Crippen LogP contribution in [0.1, 0.15) is 60.3 Å². The minimum absolute atomic E-state index is 0.225. The number of carbonyl (C=O) groups excluding carboxylic acids is 1. The summed E-state index contributed by atoms with van der Waals surface area (Å²) < 4.78 is 6.31. The number of rotatable bonds is 3. The van der Waals surface area contributed by atoms with Crippen molar-refractivity contribution in [2.75, 3.05) is 0 Å². The Hall–Kier alpha value is -1.06. The van der Waals surface area contributed by atoms with Crippen LogP contribution in [0.4, 0.5) is 0 Å². The molecular weight excluding hydrogens is 218 g/mol. The Morgan fingerprint density at radius 3 is 2.53 bits per heavy atom. The Kier molecular flexibility index (Phi) is 3.84. The second-order valence-electron chi connectivity index (χ2n) is 6.11. The average molecular weight is 241 g/mol. The molecule has 1 atom stereocenters. The maximum atomic E-state index is 11.9. The summed E-state index contributed by atoms with van der Waals surface area (Å²) in [6.07, 6.45) is 2.52. The van der Waals surface area contributed by atoms with Crippen LogP contribution in [0.3, 0.4) is 0 Å². The van der Waals surface area contributed by atoms with E-state index in [0.717, 1.165) is 23.3 Å². The van der Waals surface area contributed by atoms with Gasteiger partial charge in [0.1, 0.15) is 5.60 Å². The van der Waals surface area contributed by atoms with Crippen LogP contribution in [0.5, 0.6) is 0 Å². The molecule has 0 bridgehead atoms. The first-order valence-corrected chi connectivity index (χ1v) is 6.16. The van der Waals surface area contributed by atoms with Gasteiger partial charge in [-0.1, -0.05) is 0 Å². The van der Waals surface area contributed by atoms with Crippen molar-refractivity contribution in [1.29, 1.82) is 0 Å². The molecule has 0 aromatic heterocycles. The van der Waals surface area contributed by atoms with Crippen molar-refractivity contribution in [2.24, 2.45) is 0 Å². The van der Waals surface area contributed by atoms with Crippen LogP contribution in [-0.4, -0.2) is 27.6 Å². The SMILES string of the molecule is CC1=[N+]([O-])C(C)(CCC(=O)OC(C)(C)C)CC1. The molecule has 0 radical (unpaired) electrons. The second-order valence-corrected chi connectivity index (χ2v) is 6.11. The van der Waals surface area contributed by atoms with Gasteiger partial charge in [-0.2, -0.15) is 0 Å². The molecule has 0 aliphatic carbocycles. The zero-order valence-electron chi connectivity index (χ0n) is 11.5. The second kappa shape index (κ2) is 4.67. The van der Waals surface area contributed by atoms with Crippen LogP contribution in [0.25, 0.3) is 0 Å². The molecule has 1 heterocycles. The average Bonchev–Trinajstić information content (AvgIpc) is 2.42. The van der Waals surface area contributed by atoms with E-state index in [1.165, 1.54) is 0 Å². The van der Waals surface area contributed by atoms with Gasteiger partial charge in [-0.25, -0.2) is 4.74 Å². The topological polar surface area (TPSA) is 52.4 Å². The summed E-state index contributed by atoms with van der Waals surface area (Å²) in [5.74, 6) is -0.225. The highest BCUT2D eigenvalue weighted by molar-refractivity contribution is 5.78. The van der Waals surface area contributed by atoms with Gasteiger partial charge in [-0.15, -0.1) is 0 Å². The zero-order valence-corrected chi connectivity index (χ0v) is 11.5. The molecule has 0 saturated heterocycles. The van der Waals surface area contributed by atoms with Gasteiger partial charge >= 0.3 is 5.97 Å². The Morgan fingerprint density at radius 2 is 2.12 bits per heavy atom. The first-order valence-electron chi connectivity index (χ1n) is 6.16. The predicted molar refractivity (Wildman–Crippen MR) is 67.0 cm³/mol. The van der Waals surface area contributed by atoms with Crippen LogP contribution in [0.2, 0.25) is 0 Å². The third-order valence-corrected chi connectivity index (χ3v) is 3.15. The molecule has 1 unspecified atom stereocenters. The van der Waals surface area contributed by atoms with Crippen molar-refractivity contribution >= 4 is 11.7 Å². The Bertz CT molecular complexity index is 341. The van der Waals surface area contributed by atoms with Crippen LogP contribution in [-0.2, 0) is 9.53 Å². The minimum Gasteiger partial charge on any atom is -0.623 e. The standard InChI is InChI=1S/C13H23NO3/c1-10-6-8-13(5,14(10)16)9-7-11(15)17-12(2,3)4/h6-9H2,1-5H3. The fourth-order valence-corrected chi connectivity index (χ4v) is 2.10. The lowest BCUT2D eigenvalue weighted by Gasteiger charge is -2.24. The summed E-state index contributed by atoms with van der Waals surface area (Å²) in [6.45, 7) is 9.31. The smallest absolute Gasteiger partial charge is 0.306 e. The van der Waals surface area contributed by atoms with Crippen molar-refractivity contribution in [3.05, 3.63) is 5.21 Å². The van der Waals surface area contributed by atoms with E-state index >= 15 is 0 Å². The van der Waals surface area contributed by atoms with Crippen molar-refractivity contribution < 1.29 is 14.3 Å². The highest BCUT2D eigenvalue weighted by atomic mass is 16.6. The van der Waals surface area contributed by atoms with Crippen LogP contribution in [0.15, 0.2) is 0 Å². The van der Waals surface area contributed by atoms with E-state index in [2.05, 4.69) is 0 Å². The predicted octanol–water partition coefficient (Wildman–Crippen LogP) is 2.63. The Balaban J connectivity index is 2.50. The van der Waals surface area contributed by atoms with E-state index in [0.29, 0.717) is 12.8 Å². The molecule has 0 saturated carbocycles. The third-order valence-electron chi connectivity index (χ3n) is 3.15. The molecule has 0 aromatic carbocycles. The molecule has 0 fully saturated rings. The Labute approximate surface area is 103 Å². The quantitative estimate of drug-likeness (QED) is 0.433. The van der Waals surface area contributed by atoms with E-state index in [4.69, 9.17) is 4.74 Å². The van der Waals surface area contributed by atoms with Gasteiger partial charge in [0, 0.05) is 33.1 Å². The van der Waals surface area contributed by atoms with E-state index in [9.17, 15) is 10.0 Å². The van der Waals surface area contributed by atoms with Crippen molar-refractivity contribution in [3.63, 3.8) is 0 Å². The first-order chi connectivity index (χ1) is 7.64. The number of hydroxylamine groups is 1. The molecule has 0 aromatic rings. The summed E-state index contributed by atoms with van der Waals surface area (Å²) in [5.41, 5.74) is -0.0231. The number of ether oxygens (including phenoxy) is 1. The fraction of sp³-hybridized carbons (Fsp3) is 0.846. The van der Waals surface area contributed by atoms with Gasteiger partial charge in [0.05, 0.1) is 6.42 Å². The number of esters is 1. The van der Waals surface area contributed by atoms with Crippen molar-refractivity contribution in [2.45, 2.75) is 71.4 Å². The number of nitrogens with zero attached hydrogens (tertiary/aromatic N) is 1. The highest BCUT2D eigenvalue weighted by Crippen LogP contribution is 2.29. The van der Waals surface area contributed by atoms with E-state index < -0.39 is 11.1 Å². The first kappa shape index (κ1) is 14.0. The molecule has 98 valence electrons. The summed E-state index contributed by atoms with van der Waals surface area (Å²) >= 11 is 0. The number of carbonyl (C=O) groups is 1. The van der Waals surface area contributed by atoms with Gasteiger partial charge in [0.25, 0.3) is 0 Å². The van der Waals surface area contributed by atoms with E-state index in [1.54, 1.807) is 0 Å². The molecule has 1 aliphatic heterocycles. The van der Waals surface area contributed by atoms with E-state index in [-0.39, 0.29) is 5.97 Å². The third kappa shape index (κ3) is 3.72. The fourth-order valence-electron chi connectivity index (χ4n) is 2.10. The molecule has 4 heteroatoms. The molecule has 1 aliphatic rings. The molecule has 0 N–H and O–H groups in total. The lowest BCUT2D eigenvalue weighted by atomic mass is 9.93. The van der Waals surface area contributed by atoms with Crippen molar-refractivity contribution in [1.82, 2.24) is 0 Å². The summed E-state index contributed by atoms with van der Waals surface area (Å²) in [5, 5.41) is 11.9. The van der Waals surface area contributed by atoms with Gasteiger partial charge in [0.15, 0.2) is 11.3 Å². The lowest BCUT2D eigenvalue weighted by Crippen LogP contribution is -2.34. The Morgan fingerprint density at radius 1 is 1.53 bits per heavy atom. The zero-order chi connectivity index (χ0) is 13.3. The molecule has 1 rings (SSSR count). The molecule has 17 heavy (non-hydrogen) atoms. The largest absolute Gasteiger partial charge is 0.623 e.